The number of methoxy groups -OCH3 is 1. The van der Waals surface area contributed by atoms with Gasteiger partial charge in [-0.05, 0) is 18.6 Å². The summed E-state index contributed by atoms with van der Waals surface area (Å²) in [5.41, 5.74) is 0. The van der Waals surface area contributed by atoms with Crippen LogP contribution < -0.4 is 0 Å². The molecule has 1 aliphatic rings. The molecule has 1 rings (SSSR count). The van der Waals surface area contributed by atoms with E-state index < -0.39 is 0 Å². The third-order valence-electron chi connectivity index (χ3n) is 2.46. The zero-order chi connectivity index (χ0) is 11.3. The quantitative estimate of drug-likeness (QED) is 0.675. The van der Waals surface area contributed by atoms with Gasteiger partial charge in [0.15, 0.2) is 0 Å². The van der Waals surface area contributed by atoms with Gasteiger partial charge in [0.25, 0.3) is 0 Å². The van der Waals surface area contributed by atoms with Crippen LogP contribution in [-0.2, 0) is 14.3 Å². The number of thioether (sulfide) groups is 1. The lowest BCUT2D eigenvalue weighted by molar-refractivity contribution is -0.141. The Hall–Kier alpha value is -0.710. The highest BCUT2D eigenvalue weighted by atomic mass is 32.2. The second-order valence-corrected chi connectivity index (χ2v) is 4.90. The number of hydrogen-bond donors (Lipinski definition) is 0. The van der Waals surface area contributed by atoms with Crippen molar-refractivity contribution in [1.82, 2.24) is 4.90 Å². The number of ether oxygens (including phenoxy) is 1. The lowest BCUT2D eigenvalue weighted by Gasteiger charge is -2.19. The third-order valence-corrected chi connectivity index (χ3v) is 3.82. The molecule has 0 aromatic heterocycles. The molecule has 4 nitrogen and oxygen atoms in total. The van der Waals surface area contributed by atoms with Gasteiger partial charge in [0, 0.05) is 13.6 Å². The molecule has 0 saturated carbocycles. The number of nitrogens with zero attached hydrogens (tertiary/aromatic N) is 1. The zero-order valence-electron chi connectivity index (χ0n) is 9.19. The van der Waals surface area contributed by atoms with Crippen molar-refractivity contribution >= 4 is 23.6 Å². The molecular weight excluding hydrogens is 214 g/mol. The van der Waals surface area contributed by atoms with Crippen LogP contribution in [0.3, 0.4) is 0 Å². The first-order valence-electron chi connectivity index (χ1n) is 5.08. The molecule has 1 atom stereocenters. The SMILES string of the molecule is COC(=O)CCN(C)C(=O)C1CCCS1. The Kier molecular flexibility index (Phi) is 4.94. The van der Waals surface area contributed by atoms with Crippen LogP contribution in [0.1, 0.15) is 19.3 Å². The minimum Gasteiger partial charge on any atom is -0.469 e. The Balaban J connectivity index is 2.29. The predicted octanol–water partition coefficient (Wildman–Crippen LogP) is 0.903. The molecule has 0 N–H and O–H groups in total. The summed E-state index contributed by atoms with van der Waals surface area (Å²) >= 11 is 1.71. The van der Waals surface area contributed by atoms with Gasteiger partial charge >= 0.3 is 5.97 Å². The molecule has 0 aromatic carbocycles. The van der Waals surface area contributed by atoms with Crippen LogP contribution in [0.15, 0.2) is 0 Å². The summed E-state index contributed by atoms with van der Waals surface area (Å²) in [6, 6.07) is 0. The summed E-state index contributed by atoms with van der Waals surface area (Å²) in [6.07, 6.45) is 2.36. The maximum Gasteiger partial charge on any atom is 0.307 e. The minimum atomic E-state index is -0.270. The normalized spacial score (nSPS) is 20.0. The molecule has 1 saturated heterocycles. The van der Waals surface area contributed by atoms with Gasteiger partial charge in [0.05, 0.1) is 18.8 Å². The van der Waals surface area contributed by atoms with Gasteiger partial charge in [0.2, 0.25) is 5.91 Å². The molecule has 0 radical (unpaired) electrons. The van der Waals surface area contributed by atoms with Crippen LogP contribution in [0, 0.1) is 0 Å². The van der Waals surface area contributed by atoms with Crippen LogP contribution in [0.4, 0.5) is 0 Å². The van der Waals surface area contributed by atoms with E-state index >= 15 is 0 Å². The molecule has 1 aliphatic heterocycles. The zero-order valence-corrected chi connectivity index (χ0v) is 10.0. The highest BCUT2D eigenvalue weighted by Crippen LogP contribution is 2.27. The van der Waals surface area contributed by atoms with Crippen LogP contribution in [0.5, 0.6) is 0 Å². The summed E-state index contributed by atoms with van der Waals surface area (Å²) in [4.78, 5) is 24.3. The van der Waals surface area contributed by atoms with Crippen LogP contribution >= 0.6 is 11.8 Å². The van der Waals surface area contributed by atoms with E-state index in [-0.39, 0.29) is 23.5 Å². The van der Waals surface area contributed by atoms with Crippen molar-refractivity contribution in [2.45, 2.75) is 24.5 Å². The number of esters is 1. The number of amides is 1. The molecule has 86 valence electrons. The van der Waals surface area contributed by atoms with Crippen molar-refractivity contribution in [3.63, 3.8) is 0 Å². The van der Waals surface area contributed by atoms with Crippen LogP contribution in [0.25, 0.3) is 0 Å². The fourth-order valence-electron chi connectivity index (χ4n) is 1.49. The monoisotopic (exact) mass is 231 g/mol. The van der Waals surface area contributed by atoms with Gasteiger partial charge in [-0.1, -0.05) is 0 Å². The van der Waals surface area contributed by atoms with E-state index in [0.29, 0.717) is 6.54 Å². The Labute approximate surface area is 94.3 Å². The van der Waals surface area contributed by atoms with Crippen molar-refractivity contribution in [3.8, 4) is 0 Å². The predicted molar refractivity (Wildman–Crippen MR) is 59.8 cm³/mol. The summed E-state index contributed by atoms with van der Waals surface area (Å²) in [5.74, 6) is 0.941. The highest BCUT2D eigenvalue weighted by Gasteiger charge is 2.26. The van der Waals surface area contributed by atoms with Crippen LogP contribution in [-0.4, -0.2) is 48.5 Å². The molecule has 0 aromatic rings. The van der Waals surface area contributed by atoms with Crippen molar-refractivity contribution in [3.05, 3.63) is 0 Å². The van der Waals surface area contributed by atoms with Crippen molar-refractivity contribution in [2.24, 2.45) is 0 Å². The second-order valence-electron chi connectivity index (χ2n) is 3.59. The first-order chi connectivity index (χ1) is 7.15. The second kappa shape index (κ2) is 6.00. The molecule has 5 heteroatoms. The lowest BCUT2D eigenvalue weighted by Crippen LogP contribution is -2.35. The molecule has 1 heterocycles. The van der Waals surface area contributed by atoms with Crippen molar-refractivity contribution in [1.29, 1.82) is 0 Å². The number of hydrogen-bond acceptors (Lipinski definition) is 4. The first-order valence-corrected chi connectivity index (χ1v) is 6.13. The Bertz CT molecular complexity index is 239. The largest absolute Gasteiger partial charge is 0.469 e. The Morgan fingerprint density at radius 3 is 2.80 bits per heavy atom. The maximum absolute atomic E-state index is 11.8. The molecule has 0 bridgehead atoms. The smallest absolute Gasteiger partial charge is 0.307 e. The molecule has 1 amide bonds. The van der Waals surface area contributed by atoms with Gasteiger partial charge in [-0.25, -0.2) is 0 Å². The topological polar surface area (TPSA) is 46.6 Å². The number of carbonyl (C=O) groups is 2. The van der Waals surface area contributed by atoms with Gasteiger partial charge in [-0.3, -0.25) is 9.59 Å². The molecule has 0 aliphatic carbocycles. The molecular formula is C10H17NO3S. The van der Waals surface area contributed by atoms with Gasteiger partial charge in [-0.15, -0.1) is 11.8 Å². The van der Waals surface area contributed by atoms with Crippen molar-refractivity contribution < 1.29 is 14.3 Å². The minimum absolute atomic E-state index is 0.104. The van der Waals surface area contributed by atoms with Crippen LogP contribution in [0.2, 0.25) is 0 Å². The lowest BCUT2D eigenvalue weighted by atomic mass is 10.2. The summed E-state index contributed by atoms with van der Waals surface area (Å²) < 4.78 is 4.52. The average molecular weight is 231 g/mol. The fraction of sp³-hybridized carbons (Fsp3) is 0.800. The molecule has 15 heavy (non-hydrogen) atoms. The standard InChI is InChI=1S/C10H17NO3S/c1-11(6-5-9(12)14-2)10(13)8-4-3-7-15-8/h8H,3-7H2,1-2H3. The van der Waals surface area contributed by atoms with Gasteiger partial charge < -0.3 is 9.64 Å². The van der Waals surface area contributed by atoms with Gasteiger partial charge in [0.1, 0.15) is 0 Å². The molecule has 0 spiro atoms. The van der Waals surface area contributed by atoms with E-state index in [1.165, 1.54) is 7.11 Å². The summed E-state index contributed by atoms with van der Waals surface area (Å²) in [7, 11) is 3.10. The average Bonchev–Trinajstić information content (AvgIpc) is 2.77. The summed E-state index contributed by atoms with van der Waals surface area (Å²) in [5, 5.41) is 0.104. The maximum atomic E-state index is 11.8. The van der Waals surface area contributed by atoms with Gasteiger partial charge in [-0.2, -0.15) is 0 Å². The highest BCUT2D eigenvalue weighted by molar-refractivity contribution is 8.00. The first kappa shape index (κ1) is 12.4. The molecule has 1 fully saturated rings. The molecule has 1 unspecified atom stereocenters. The number of rotatable bonds is 4. The van der Waals surface area contributed by atoms with Crippen molar-refractivity contribution in [2.75, 3.05) is 26.5 Å². The van der Waals surface area contributed by atoms with E-state index in [1.54, 1.807) is 23.7 Å². The van der Waals surface area contributed by atoms with E-state index in [2.05, 4.69) is 4.74 Å². The number of carbonyl (C=O) groups excluding carboxylic acids is 2. The van der Waals surface area contributed by atoms with E-state index in [1.807, 2.05) is 0 Å². The fourth-order valence-corrected chi connectivity index (χ4v) is 2.76. The Morgan fingerprint density at radius 2 is 2.27 bits per heavy atom. The summed E-state index contributed by atoms with van der Waals surface area (Å²) in [6.45, 7) is 0.447. The van der Waals surface area contributed by atoms with E-state index in [4.69, 9.17) is 0 Å². The third kappa shape index (κ3) is 3.74. The van der Waals surface area contributed by atoms with E-state index in [9.17, 15) is 9.59 Å². The van der Waals surface area contributed by atoms with E-state index in [0.717, 1.165) is 18.6 Å². The Morgan fingerprint density at radius 1 is 1.53 bits per heavy atom.